The maximum Gasteiger partial charge on any atom is 0.251 e. The van der Waals surface area contributed by atoms with Crippen LogP contribution in [0.15, 0.2) is 65.7 Å². The van der Waals surface area contributed by atoms with Crippen molar-refractivity contribution in [1.29, 1.82) is 0 Å². The lowest BCUT2D eigenvalue weighted by atomic mass is 10.1. The Kier molecular flexibility index (Phi) is 7.38. The normalized spacial score (nSPS) is 10.8. The third kappa shape index (κ3) is 5.90. The van der Waals surface area contributed by atoms with Crippen LogP contribution in [-0.4, -0.2) is 51.0 Å². The van der Waals surface area contributed by atoms with Crippen LogP contribution in [0.3, 0.4) is 0 Å². The SMILES string of the molecule is COc1ccc(NC(=O)CSc2ccc3nnc(CCNC(=O)c4ccc(C)cc4)n3n2)cc1. The first-order chi connectivity index (χ1) is 16.5. The van der Waals surface area contributed by atoms with Gasteiger partial charge in [-0.1, -0.05) is 29.5 Å². The average Bonchev–Trinajstić information content (AvgIpc) is 3.26. The molecule has 4 rings (SSSR count). The molecule has 0 aliphatic rings. The second-order valence-corrected chi connectivity index (χ2v) is 8.49. The van der Waals surface area contributed by atoms with Gasteiger partial charge >= 0.3 is 0 Å². The summed E-state index contributed by atoms with van der Waals surface area (Å²) in [4.78, 5) is 24.6. The van der Waals surface area contributed by atoms with Gasteiger partial charge in [-0.2, -0.15) is 9.61 Å². The number of benzene rings is 2. The Labute approximate surface area is 200 Å². The number of methoxy groups -OCH3 is 1. The van der Waals surface area contributed by atoms with Gasteiger partial charge < -0.3 is 15.4 Å². The quantitative estimate of drug-likeness (QED) is 0.357. The lowest BCUT2D eigenvalue weighted by Crippen LogP contribution is -2.26. The highest BCUT2D eigenvalue weighted by Crippen LogP contribution is 2.18. The van der Waals surface area contributed by atoms with E-state index in [1.54, 1.807) is 60.2 Å². The first-order valence-corrected chi connectivity index (χ1v) is 11.6. The second kappa shape index (κ2) is 10.8. The molecule has 0 spiro atoms. The Morgan fingerprint density at radius 2 is 1.76 bits per heavy atom. The number of carbonyl (C=O) groups excluding carboxylic acids is 2. The average molecular weight is 477 g/mol. The molecule has 4 aromatic rings. The number of anilines is 1. The zero-order chi connectivity index (χ0) is 23.9. The number of aryl methyl sites for hydroxylation is 1. The second-order valence-electron chi connectivity index (χ2n) is 7.50. The first-order valence-electron chi connectivity index (χ1n) is 10.6. The van der Waals surface area contributed by atoms with Crippen molar-refractivity contribution in [1.82, 2.24) is 25.1 Å². The highest BCUT2D eigenvalue weighted by atomic mass is 32.2. The van der Waals surface area contributed by atoms with E-state index in [0.717, 1.165) is 11.3 Å². The number of thioether (sulfide) groups is 1. The predicted octanol–water partition coefficient (Wildman–Crippen LogP) is 3.14. The smallest absolute Gasteiger partial charge is 0.251 e. The summed E-state index contributed by atoms with van der Waals surface area (Å²) in [6.45, 7) is 2.38. The van der Waals surface area contributed by atoms with Crippen LogP contribution in [-0.2, 0) is 11.2 Å². The number of nitrogens with one attached hydrogen (secondary N) is 2. The number of aromatic nitrogens is 4. The van der Waals surface area contributed by atoms with E-state index in [1.807, 2.05) is 19.1 Å². The van der Waals surface area contributed by atoms with Crippen LogP contribution in [0.25, 0.3) is 5.65 Å². The van der Waals surface area contributed by atoms with Crippen LogP contribution in [0.2, 0.25) is 0 Å². The molecule has 0 atom stereocenters. The van der Waals surface area contributed by atoms with E-state index in [2.05, 4.69) is 25.9 Å². The van der Waals surface area contributed by atoms with Crippen molar-refractivity contribution in [2.24, 2.45) is 0 Å². The number of nitrogens with zero attached hydrogens (tertiary/aromatic N) is 4. The summed E-state index contributed by atoms with van der Waals surface area (Å²) in [5, 5.41) is 19.3. The van der Waals surface area contributed by atoms with E-state index in [9.17, 15) is 9.59 Å². The van der Waals surface area contributed by atoms with Crippen LogP contribution in [0.5, 0.6) is 5.75 Å². The molecule has 2 aromatic carbocycles. The number of ether oxygens (including phenoxy) is 1. The third-order valence-electron chi connectivity index (χ3n) is 4.98. The molecule has 0 saturated carbocycles. The molecular formula is C24H24N6O3S. The minimum Gasteiger partial charge on any atom is -0.497 e. The van der Waals surface area contributed by atoms with Crippen LogP contribution in [0, 0.1) is 6.92 Å². The van der Waals surface area contributed by atoms with Crippen molar-refractivity contribution in [3.8, 4) is 5.75 Å². The largest absolute Gasteiger partial charge is 0.497 e. The van der Waals surface area contributed by atoms with Gasteiger partial charge in [-0.15, -0.1) is 10.2 Å². The Hall–Kier alpha value is -3.92. The van der Waals surface area contributed by atoms with Crippen LogP contribution >= 0.6 is 11.8 Å². The summed E-state index contributed by atoms with van der Waals surface area (Å²) in [6.07, 6.45) is 0.470. The fraction of sp³-hybridized carbons (Fsp3) is 0.208. The monoisotopic (exact) mass is 476 g/mol. The zero-order valence-corrected chi connectivity index (χ0v) is 19.6. The van der Waals surface area contributed by atoms with Gasteiger partial charge in [0.05, 0.1) is 12.9 Å². The van der Waals surface area contributed by atoms with E-state index < -0.39 is 0 Å². The van der Waals surface area contributed by atoms with Crippen LogP contribution in [0.4, 0.5) is 5.69 Å². The molecule has 34 heavy (non-hydrogen) atoms. The molecule has 0 fully saturated rings. The molecular weight excluding hydrogens is 452 g/mol. The Morgan fingerprint density at radius 1 is 1.00 bits per heavy atom. The fourth-order valence-electron chi connectivity index (χ4n) is 3.16. The molecule has 0 bridgehead atoms. The molecule has 0 unspecified atom stereocenters. The number of hydrogen-bond acceptors (Lipinski definition) is 7. The summed E-state index contributed by atoms with van der Waals surface area (Å²) >= 11 is 1.32. The van der Waals surface area contributed by atoms with Crippen molar-refractivity contribution in [3.05, 3.63) is 77.6 Å². The minimum atomic E-state index is -0.139. The molecule has 9 nitrogen and oxygen atoms in total. The molecule has 0 aliphatic heterocycles. The molecule has 0 aliphatic carbocycles. The van der Waals surface area contributed by atoms with E-state index in [0.29, 0.717) is 40.7 Å². The van der Waals surface area contributed by atoms with Gasteiger partial charge in [0.1, 0.15) is 10.8 Å². The molecule has 2 aromatic heterocycles. The maximum atomic E-state index is 12.3. The first kappa shape index (κ1) is 23.2. The molecule has 10 heteroatoms. The molecule has 0 radical (unpaired) electrons. The Balaban J connectivity index is 1.31. The van der Waals surface area contributed by atoms with E-state index >= 15 is 0 Å². The molecule has 2 heterocycles. The number of hydrogen-bond donors (Lipinski definition) is 2. The standard InChI is InChI=1S/C24H24N6O3S/c1-16-3-5-17(6-4-16)24(32)25-14-13-21-28-27-20-11-12-23(29-30(20)21)34-15-22(31)26-18-7-9-19(33-2)10-8-18/h3-12H,13-15H2,1-2H3,(H,25,32)(H,26,31). The van der Waals surface area contributed by atoms with Crippen molar-refractivity contribution in [2.75, 3.05) is 24.7 Å². The Morgan fingerprint density at radius 3 is 2.50 bits per heavy atom. The van der Waals surface area contributed by atoms with Crippen molar-refractivity contribution in [2.45, 2.75) is 18.4 Å². The minimum absolute atomic E-state index is 0.138. The van der Waals surface area contributed by atoms with Crippen LogP contribution < -0.4 is 15.4 Å². The molecule has 2 N–H and O–H groups in total. The summed E-state index contributed by atoms with van der Waals surface area (Å²) in [5.41, 5.74) is 3.02. The number of rotatable bonds is 9. The van der Waals surface area contributed by atoms with Gasteiger partial charge in [0, 0.05) is 24.2 Å². The fourth-order valence-corrected chi connectivity index (χ4v) is 3.81. The third-order valence-corrected chi connectivity index (χ3v) is 5.90. The van der Waals surface area contributed by atoms with Gasteiger partial charge in [0.25, 0.3) is 5.91 Å². The van der Waals surface area contributed by atoms with E-state index in [-0.39, 0.29) is 17.6 Å². The highest BCUT2D eigenvalue weighted by Gasteiger charge is 2.11. The number of amides is 2. The molecule has 174 valence electrons. The summed E-state index contributed by atoms with van der Waals surface area (Å²) in [7, 11) is 1.59. The molecule has 0 saturated heterocycles. The van der Waals surface area contributed by atoms with Crippen molar-refractivity contribution >= 4 is 34.9 Å². The Bertz CT molecular complexity index is 1290. The van der Waals surface area contributed by atoms with Crippen molar-refractivity contribution < 1.29 is 14.3 Å². The topological polar surface area (TPSA) is 111 Å². The van der Waals surface area contributed by atoms with Crippen molar-refractivity contribution in [3.63, 3.8) is 0 Å². The number of fused-ring (bicyclic) bond motifs is 1. The van der Waals surface area contributed by atoms with Gasteiger partial charge in [0.2, 0.25) is 5.91 Å². The predicted molar refractivity (Wildman–Crippen MR) is 130 cm³/mol. The van der Waals surface area contributed by atoms with Gasteiger partial charge in [-0.25, -0.2) is 0 Å². The summed E-state index contributed by atoms with van der Waals surface area (Å²) in [5.74, 6) is 1.28. The highest BCUT2D eigenvalue weighted by molar-refractivity contribution is 7.99. The van der Waals surface area contributed by atoms with Crippen LogP contribution in [0.1, 0.15) is 21.7 Å². The maximum absolute atomic E-state index is 12.3. The number of carbonyl (C=O) groups is 2. The zero-order valence-electron chi connectivity index (χ0n) is 18.8. The lowest BCUT2D eigenvalue weighted by Gasteiger charge is -2.07. The van der Waals surface area contributed by atoms with Gasteiger partial charge in [-0.3, -0.25) is 9.59 Å². The van der Waals surface area contributed by atoms with E-state index in [4.69, 9.17) is 4.74 Å². The molecule has 2 amide bonds. The van der Waals surface area contributed by atoms with Gasteiger partial charge in [0.15, 0.2) is 11.5 Å². The van der Waals surface area contributed by atoms with E-state index in [1.165, 1.54) is 11.8 Å². The summed E-state index contributed by atoms with van der Waals surface area (Å²) in [6, 6.07) is 18.2. The lowest BCUT2D eigenvalue weighted by molar-refractivity contribution is -0.113. The van der Waals surface area contributed by atoms with Gasteiger partial charge in [-0.05, 0) is 55.5 Å². The summed E-state index contributed by atoms with van der Waals surface area (Å²) < 4.78 is 6.76.